The molecule has 0 unspecified atom stereocenters. The Hall–Kier alpha value is -0.260. The largest absolute Gasteiger partial charge is 0.106 e. The maximum absolute atomic E-state index is 3.00. The first-order valence-electron chi connectivity index (χ1n) is 5.81. The SMILES string of the molecule is C=C.CC1CCCCC1.CCCC. The summed E-state index contributed by atoms with van der Waals surface area (Å²) >= 11 is 0. The van der Waals surface area contributed by atoms with Crippen LogP contribution in [0.15, 0.2) is 13.2 Å². The molecular weight excluding hydrogens is 156 g/mol. The molecular formula is C13H28. The van der Waals surface area contributed by atoms with Crippen LogP contribution in [0.1, 0.15) is 65.7 Å². The summed E-state index contributed by atoms with van der Waals surface area (Å²) in [7, 11) is 0. The number of hydrogen-bond donors (Lipinski definition) is 0. The molecule has 0 saturated heterocycles. The van der Waals surface area contributed by atoms with Gasteiger partial charge in [-0.1, -0.05) is 65.7 Å². The van der Waals surface area contributed by atoms with Gasteiger partial charge in [-0.25, -0.2) is 0 Å². The Morgan fingerprint density at radius 1 is 0.923 bits per heavy atom. The third-order valence-electron chi connectivity index (χ3n) is 2.39. The van der Waals surface area contributed by atoms with Crippen molar-refractivity contribution in [3.05, 3.63) is 13.2 Å². The first kappa shape index (κ1) is 15.2. The van der Waals surface area contributed by atoms with Gasteiger partial charge in [-0.15, -0.1) is 13.2 Å². The minimum absolute atomic E-state index is 1.04. The van der Waals surface area contributed by atoms with E-state index in [1.165, 1.54) is 44.9 Å². The Kier molecular flexibility index (Phi) is 16.7. The number of hydrogen-bond acceptors (Lipinski definition) is 0. The zero-order valence-corrected chi connectivity index (χ0v) is 9.94. The van der Waals surface area contributed by atoms with Gasteiger partial charge in [0.1, 0.15) is 0 Å². The Labute approximate surface area is 85.4 Å². The third kappa shape index (κ3) is 14.6. The van der Waals surface area contributed by atoms with Gasteiger partial charge >= 0.3 is 0 Å². The van der Waals surface area contributed by atoms with Crippen molar-refractivity contribution in [3.63, 3.8) is 0 Å². The summed E-state index contributed by atoms with van der Waals surface area (Å²) in [6.07, 6.45) is 10.1. The van der Waals surface area contributed by atoms with Gasteiger partial charge in [-0.05, 0) is 5.92 Å². The molecule has 0 aromatic rings. The van der Waals surface area contributed by atoms with Crippen molar-refractivity contribution < 1.29 is 0 Å². The van der Waals surface area contributed by atoms with E-state index in [9.17, 15) is 0 Å². The average Bonchev–Trinajstić information content (AvgIpc) is 2.22. The monoisotopic (exact) mass is 184 g/mol. The molecule has 80 valence electrons. The lowest BCUT2D eigenvalue weighted by molar-refractivity contribution is 0.385. The van der Waals surface area contributed by atoms with E-state index in [4.69, 9.17) is 0 Å². The second kappa shape index (κ2) is 14.3. The zero-order chi connectivity index (χ0) is 10.5. The first-order valence-corrected chi connectivity index (χ1v) is 5.81. The van der Waals surface area contributed by atoms with Gasteiger partial charge in [-0.2, -0.15) is 0 Å². The van der Waals surface area contributed by atoms with E-state index in [-0.39, 0.29) is 0 Å². The average molecular weight is 184 g/mol. The first-order chi connectivity index (χ1) is 6.31. The van der Waals surface area contributed by atoms with E-state index in [1.807, 2.05) is 0 Å². The second-order valence-corrected chi connectivity index (χ2v) is 3.74. The lowest BCUT2D eigenvalue weighted by Gasteiger charge is -2.15. The van der Waals surface area contributed by atoms with Crippen LogP contribution < -0.4 is 0 Å². The number of rotatable bonds is 1. The van der Waals surface area contributed by atoms with Crippen LogP contribution in [-0.2, 0) is 0 Å². The van der Waals surface area contributed by atoms with Gasteiger partial charge in [0.15, 0.2) is 0 Å². The topological polar surface area (TPSA) is 0 Å². The highest BCUT2D eigenvalue weighted by Crippen LogP contribution is 2.21. The van der Waals surface area contributed by atoms with Gasteiger partial charge in [0.05, 0.1) is 0 Å². The Morgan fingerprint density at radius 3 is 1.46 bits per heavy atom. The molecule has 0 heterocycles. The molecule has 1 aliphatic carbocycles. The van der Waals surface area contributed by atoms with E-state index in [0.717, 1.165) is 5.92 Å². The van der Waals surface area contributed by atoms with Crippen LogP contribution in [0.25, 0.3) is 0 Å². The summed E-state index contributed by atoms with van der Waals surface area (Å²) in [5.74, 6) is 1.04. The predicted octanol–water partition coefficient (Wildman–Crippen LogP) is 5.20. The fourth-order valence-electron chi connectivity index (χ4n) is 1.31. The molecule has 0 N–H and O–H groups in total. The van der Waals surface area contributed by atoms with Crippen LogP contribution in [-0.4, -0.2) is 0 Å². The molecule has 0 aliphatic heterocycles. The molecule has 0 heteroatoms. The summed E-state index contributed by atoms with van der Waals surface area (Å²) in [6, 6.07) is 0. The van der Waals surface area contributed by atoms with Crippen molar-refractivity contribution in [2.75, 3.05) is 0 Å². The molecule has 0 nitrogen and oxygen atoms in total. The summed E-state index contributed by atoms with van der Waals surface area (Å²) < 4.78 is 0. The minimum atomic E-state index is 1.04. The van der Waals surface area contributed by atoms with Crippen molar-refractivity contribution in [1.82, 2.24) is 0 Å². The highest BCUT2D eigenvalue weighted by Gasteiger charge is 2.05. The molecule has 0 spiro atoms. The number of unbranched alkanes of at least 4 members (excludes halogenated alkanes) is 1. The quantitative estimate of drug-likeness (QED) is 0.492. The van der Waals surface area contributed by atoms with Gasteiger partial charge in [0, 0.05) is 0 Å². The van der Waals surface area contributed by atoms with Crippen LogP contribution in [0.2, 0.25) is 0 Å². The molecule has 1 rings (SSSR count). The van der Waals surface area contributed by atoms with E-state index >= 15 is 0 Å². The van der Waals surface area contributed by atoms with Crippen LogP contribution in [0.3, 0.4) is 0 Å². The van der Waals surface area contributed by atoms with Gasteiger partial charge in [-0.3, -0.25) is 0 Å². The molecule has 1 saturated carbocycles. The van der Waals surface area contributed by atoms with Crippen molar-refractivity contribution >= 4 is 0 Å². The fourth-order valence-corrected chi connectivity index (χ4v) is 1.31. The van der Waals surface area contributed by atoms with E-state index in [2.05, 4.69) is 33.9 Å². The second-order valence-electron chi connectivity index (χ2n) is 3.74. The van der Waals surface area contributed by atoms with Crippen LogP contribution >= 0.6 is 0 Å². The highest BCUT2D eigenvalue weighted by atomic mass is 14.1. The molecule has 0 amide bonds. The molecule has 1 fully saturated rings. The molecule has 0 aromatic heterocycles. The van der Waals surface area contributed by atoms with Crippen LogP contribution in [0.5, 0.6) is 0 Å². The maximum atomic E-state index is 3.00. The molecule has 13 heavy (non-hydrogen) atoms. The molecule has 0 bridgehead atoms. The van der Waals surface area contributed by atoms with Gasteiger partial charge in [0.25, 0.3) is 0 Å². The van der Waals surface area contributed by atoms with Crippen LogP contribution in [0.4, 0.5) is 0 Å². The predicted molar refractivity (Wildman–Crippen MR) is 64.1 cm³/mol. The molecule has 0 radical (unpaired) electrons. The Balaban J connectivity index is 0. The third-order valence-corrected chi connectivity index (χ3v) is 2.39. The summed E-state index contributed by atoms with van der Waals surface area (Å²) in [4.78, 5) is 0. The van der Waals surface area contributed by atoms with Crippen molar-refractivity contribution in [3.8, 4) is 0 Å². The summed E-state index contributed by atoms with van der Waals surface area (Å²) in [6.45, 7) is 12.7. The van der Waals surface area contributed by atoms with Crippen molar-refractivity contribution in [2.45, 2.75) is 65.7 Å². The minimum Gasteiger partial charge on any atom is -0.106 e. The van der Waals surface area contributed by atoms with E-state index in [0.29, 0.717) is 0 Å². The fraction of sp³-hybridized carbons (Fsp3) is 0.846. The molecule has 0 atom stereocenters. The van der Waals surface area contributed by atoms with Crippen LogP contribution in [0, 0.1) is 5.92 Å². The van der Waals surface area contributed by atoms with Crippen molar-refractivity contribution in [1.29, 1.82) is 0 Å². The zero-order valence-electron chi connectivity index (χ0n) is 9.94. The van der Waals surface area contributed by atoms with E-state index in [1.54, 1.807) is 0 Å². The highest BCUT2D eigenvalue weighted by molar-refractivity contribution is 4.59. The standard InChI is InChI=1S/C7H14.C4H10.C2H4/c1-7-5-3-2-4-6-7;1-3-4-2;1-2/h7H,2-6H2,1H3;3-4H2,1-2H3;1-2H2. The van der Waals surface area contributed by atoms with Gasteiger partial charge in [0.2, 0.25) is 0 Å². The smallest absolute Gasteiger partial charge is 0.0443 e. The molecule has 0 aromatic carbocycles. The summed E-state index contributed by atoms with van der Waals surface area (Å²) in [5.41, 5.74) is 0. The lowest BCUT2D eigenvalue weighted by Crippen LogP contribution is -1.99. The molecule has 1 aliphatic rings. The lowest BCUT2D eigenvalue weighted by atomic mass is 9.91. The van der Waals surface area contributed by atoms with Gasteiger partial charge < -0.3 is 0 Å². The van der Waals surface area contributed by atoms with Crippen molar-refractivity contribution in [2.24, 2.45) is 5.92 Å². The summed E-state index contributed by atoms with van der Waals surface area (Å²) in [5, 5.41) is 0. The maximum Gasteiger partial charge on any atom is -0.0443 e. The Morgan fingerprint density at radius 2 is 1.31 bits per heavy atom. The van der Waals surface area contributed by atoms with E-state index < -0.39 is 0 Å². The Bertz CT molecular complexity index is 68.1. The normalized spacial score (nSPS) is 16.2.